The molecule has 174 valence electrons. The summed E-state index contributed by atoms with van der Waals surface area (Å²) >= 11 is 6.20. The second kappa shape index (κ2) is 10.3. The van der Waals surface area contributed by atoms with Crippen molar-refractivity contribution >= 4 is 39.2 Å². The third kappa shape index (κ3) is 6.57. The van der Waals surface area contributed by atoms with Crippen LogP contribution in [0.15, 0.2) is 33.8 Å². The van der Waals surface area contributed by atoms with Gasteiger partial charge in [-0.25, -0.2) is 18.4 Å². The van der Waals surface area contributed by atoms with Crippen LogP contribution in [0.2, 0.25) is 5.02 Å². The van der Waals surface area contributed by atoms with Crippen LogP contribution in [-0.4, -0.2) is 43.1 Å². The Hall–Kier alpha value is -3.36. The first-order valence-electron chi connectivity index (χ1n) is 8.85. The van der Waals surface area contributed by atoms with Gasteiger partial charge in [0.25, 0.3) is 5.09 Å². The molecule has 1 aromatic carbocycles. The summed E-state index contributed by atoms with van der Waals surface area (Å²) in [4.78, 5) is 38.2. The van der Waals surface area contributed by atoms with E-state index in [1.165, 1.54) is 13.2 Å². The molecule has 0 unspecified atom stereocenters. The van der Waals surface area contributed by atoms with Crippen LogP contribution < -0.4 is 15.8 Å². The molecule has 2 aromatic rings. The lowest BCUT2D eigenvalue weighted by atomic mass is 10.0. The quantitative estimate of drug-likeness (QED) is 0.261. The Morgan fingerprint density at radius 3 is 2.66 bits per heavy atom. The first-order valence-corrected chi connectivity index (χ1v) is 10.8. The fraction of sp³-hybridized carbons (Fsp3) is 0.294. The fourth-order valence-corrected chi connectivity index (χ4v) is 3.88. The maximum Gasteiger partial charge on any atom is 0.337 e. The molecule has 13 nitrogen and oxygen atoms in total. The first kappa shape index (κ1) is 24.9. The molecule has 0 aliphatic heterocycles. The number of furan rings is 1. The van der Waals surface area contributed by atoms with Gasteiger partial charge in [-0.15, -0.1) is 10.1 Å². The van der Waals surface area contributed by atoms with Gasteiger partial charge in [-0.2, -0.15) is 0 Å². The molecule has 1 amide bonds. The van der Waals surface area contributed by atoms with Gasteiger partial charge < -0.3 is 25.0 Å². The fourth-order valence-electron chi connectivity index (χ4n) is 2.68. The predicted octanol–water partition coefficient (Wildman–Crippen LogP) is 1.15. The lowest BCUT2D eigenvalue weighted by Crippen LogP contribution is -2.34. The number of nitrogens with two attached hydrogens (primary N) is 1. The van der Waals surface area contributed by atoms with Gasteiger partial charge in [-0.1, -0.05) is 11.6 Å². The minimum Gasteiger partial charge on any atom is -0.478 e. The summed E-state index contributed by atoms with van der Waals surface area (Å²) in [5.74, 6) is -1.80. The van der Waals surface area contributed by atoms with Crippen molar-refractivity contribution < 1.29 is 37.5 Å². The van der Waals surface area contributed by atoms with Gasteiger partial charge in [-0.3, -0.25) is 4.79 Å². The van der Waals surface area contributed by atoms with Crippen LogP contribution in [0.4, 0.5) is 5.69 Å². The van der Waals surface area contributed by atoms with Crippen LogP contribution in [0.1, 0.15) is 28.6 Å². The van der Waals surface area contributed by atoms with Crippen LogP contribution in [0, 0.1) is 10.1 Å². The second-order valence-electron chi connectivity index (χ2n) is 6.49. The molecule has 0 radical (unpaired) electrons. The van der Waals surface area contributed by atoms with E-state index in [2.05, 4.69) is 15.5 Å². The van der Waals surface area contributed by atoms with Crippen molar-refractivity contribution in [1.29, 1.82) is 0 Å². The van der Waals surface area contributed by atoms with E-state index in [4.69, 9.17) is 21.2 Å². The summed E-state index contributed by atoms with van der Waals surface area (Å²) in [6.07, 6.45) is -0.130. The predicted molar refractivity (Wildman–Crippen MR) is 110 cm³/mol. The smallest absolute Gasteiger partial charge is 0.337 e. The summed E-state index contributed by atoms with van der Waals surface area (Å²) in [6.45, 7) is 1.10. The summed E-state index contributed by atoms with van der Waals surface area (Å²) in [5.41, 5.74) is -0.753. The number of carbonyl (C=O) groups excluding carboxylic acids is 1. The standard InChI is InChI=1S/C17H19ClN4O9S/c1-9(31-22(26)27)7-20-14(23)6-11-15(18)13(32(19,28)29)5-12(17(24)25)16(11)21-8-10-3-2-4-30-10/h2-5,9,21H,6-8H2,1H3,(H,20,23)(H,24,25)(H2,19,28,29)/t9-/m0/s1. The molecule has 15 heteroatoms. The number of anilines is 1. The highest BCUT2D eigenvalue weighted by Crippen LogP contribution is 2.35. The Kier molecular flexibility index (Phi) is 8.02. The molecule has 0 aliphatic rings. The molecule has 0 fully saturated rings. The highest BCUT2D eigenvalue weighted by Gasteiger charge is 2.27. The molecular formula is C17H19ClN4O9S. The summed E-state index contributed by atoms with van der Waals surface area (Å²) in [5, 5.41) is 28.8. The first-order chi connectivity index (χ1) is 14.9. The van der Waals surface area contributed by atoms with Gasteiger partial charge in [0.05, 0.1) is 35.5 Å². The third-order valence-electron chi connectivity index (χ3n) is 4.07. The number of benzene rings is 1. The zero-order valence-electron chi connectivity index (χ0n) is 16.5. The zero-order chi connectivity index (χ0) is 24.1. The molecule has 0 saturated carbocycles. The van der Waals surface area contributed by atoms with Crippen molar-refractivity contribution in [3.63, 3.8) is 0 Å². The number of hydrogen-bond acceptors (Lipinski definition) is 9. The van der Waals surface area contributed by atoms with E-state index in [1.807, 2.05) is 0 Å². The monoisotopic (exact) mass is 490 g/mol. The molecule has 1 atom stereocenters. The minimum atomic E-state index is -4.43. The number of amides is 1. The average molecular weight is 491 g/mol. The van der Waals surface area contributed by atoms with Gasteiger partial charge in [-0.05, 0) is 25.1 Å². The van der Waals surface area contributed by atoms with Gasteiger partial charge in [0.1, 0.15) is 16.8 Å². The molecule has 5 N–H and O–H groups in total. The van der Waals surface area contributed by atoms with E-state index in [-0.39, 0.29) is 24.3 Å². The van der Waals surface area contributed by atoms with Crippen molar-refractivity contribution in [2.24, 2.45) is 5.14 Å². The lowest BCUT2D eigenvalue weighted by molar-refractivity contribution is -0.767. The third-order valence-corrected chi connectivity index (χ3v) is 5.55. The SMILES string of the molecule is C[C@@H](CNC(=O)Cc1c(Cl)c(S(N)(=O)=O)cc(C(=O)O)c1NCc1ccco1)O[N+](=O)[O-]. The number of nitrogens with zero attached hydrogens (tertiary/aromatic N) is 1. The normalized spacial score (nSPS) is 12.1. The number of carboxylic acid groups (broad SMARTS) is 1. The van der Waals surface area contributed by atoms with E-state index in [9.17, 15) is 33.2 Å². The highest BCUT2D eigenvalue weighted by atomic mass is 35.5. The average Bonchev–Trinajstić information content (AvgIpc) is 3.18. The lowest BCUT2D eigenvalue weighted by Gasteiger charge is -2.18. The number of halogens is 1. The summed E-state index contributed by atoms with van der Waals surface area (Å²) in [7, 11) is -4.43. The van der Waals surface area contributed by atoms with E-state index in [1.54, 1.807) is 12.1 Å². The summed E-state index contributed by atoms with van der Waals surface area (Å²) in [6, 6.07) is 4.00. The topological polar surface area (TPSA) is 204 Å². The van der Waals surface area contributed by atoms with Gasteiger partial charge >= 0.3 is 5.97 Å². The number of sulfonamides is 1. The number of carbonyl (C=O) groups is 2. The van der Waals surface area contributed by atoms with E-state index >= 15 is 0 Å². The van der Waals surface area contributed by atoms with E-state index < -0.39 is 55.0 Å². The molecule has 0 spiro atoms. The molecule has 2 rings (SSSR count). The largest absolute Gasteiger partial charge is 0.478 e. The molecular weight excluding hydrogens is 472 g/mol. The van der Waals surface area contributed by atoms with E-state index in [0.29, 0.717) is 5.76 Å². The Morgan fingerprint density at radius 1 is 1.44 bits per heavy atom. The second-order valence-corrected chi connectivity index (χ2v) is 8.40. The number of carboxylic acids is 1. The van der Waals surface area contributed by atoms with Crippen molar-refractivity contribution in [1.82, 2.24) is 5.32 Å². The number of hydrogen-bond donors (Lipinski definition) is 4. The maximum atomic E-state index is 12.4. The van der Waals surface area contributed by atoms with Gasteiger partial charge in [0.15, 0.2) is 0 Å². The number of aromatic carboxylic acids is 1. The Bertz CT molecular complexity index is 1120. The molecule has 1 aromatic heterocycles. The molecule has 0 aliphatic carbocycles. The molecule has 32 heavy (non-hydrogen) atoms. The van der Waals surface area contributed by atoms with E-state index in [0.717, 1.165) is 6.07 Å². The van der Waals surface area contributed by atoms with Crippen molar-refractivity contribution in [2.75, 3.05) is 11.9 Å². The van der Waals surface area contributed by atoms with Crippen molar-refractivity contribution in [3.8, 4) is 0 Å². The zero-order valence-corrected chi connectivity index (χ0v) is 18.1. The van der Waals surface area contributed by atoms with Crippen LogP contribution in [0.5, 0.6) is 0 Å². The van der Waals surface area contributed by atoms with Gasteiger partial charge in [0.2, 0.25) is 15.9 Å². The summed E-state index contributed by atoms with van der Waals surface area (Å²) < 4.78 is 29.0. The van der Waals surface area contributed by atoms with Crippen molar-refractivity contribution in [2.45, 2.75) is 30.9 Å². The Balaban J connectivity index is 2.43. The Labute approximate surface area is 186 Å². The van der Waals surface area contributed by atoms with Crippen LogP contribution in [0.25, 0.3) is 0 Å². The molecule has 1 heterocycles. The van der Waals surface area contributed by atoms with Crippen molar-refractivity contribution in [3.05, 3.63) is 56.5 Å². The Morgan fingerprint density at radius 2 is 2.12 bits per heavy atom. The van der Waals surface area contributed by atoms with Crippen LogP contribution in [0.3, 0.4) is 0 Å². The number of rotatable bonds is 11. The highest BCUT2D eigenvalue weighted by molar-refractivity contribution is 7.89. The maximum absolute atomic E-state index is 12.4. The molecule has 0 bridgehead atoms. The van der Waals surface area contributed by atoms with Gasteiger partial charge in [0, 0.05) is 12.1 Å². The van der Waals surface area contributed by atoms with Crippen LogP contribution >= 0.6 is 11.6 Å². The number of primary sulfonamides is 1. The number of nitrogens with one attached hydrogen (secondary N) is 2. The molecule has 0 saturated heterocycles. The van der Waals surface area contributed by atoms with Crippen LogP contribution in [-0.2, 0) is 32.6 Å². The minimum absolute atomic E-state index is 0.000653.